The minimum Gasteiger partial charge on any atom is -0.353 e. The number of hydrogen-bond donors (Lipinski definition) is 2. The molecule has 1 saturated carbocycles. The van der Waals surface area contributed by atoms with E-state index in [1.54, 1.807) is 0 Å². The fraction of sp³-hybridized carbons (Fsp3) is 0.611. The van der Waals surface area contributed by atoms with E-state index in [-0.39, 0.29) is 11.8 Å². The van der Waals surface area contributed by atoms with E-state index in [1.807, 2.05) is 18.2 Å². The summed E-state index contributed by atoms with van der Waals surface area (Å²) in [5.74, 6) is 0.924. The molecule has 0 saturated heterocycles. The van der Waals surface area contributed by atoms with Crippen LogP contribution in [-0.4, -0.2) is 18.0 Å². The number of hydrogen-bond acceptors (Lipinski definition) is 2. The molecule has 0 aliphatic heterocycles. The average molecular weight is 288 g/mol. The van der Waals surface area contributed by atoms with E-state index in [9.17, 15) is 4.79 Å². The Kier molecular flexibility index (Phi) is 5.80. The molecule has 1 aromatic carbocycles. The van der Waals surface area contributed by atoms with Gasteiger partial charge in [0.05, 0.1) is 0 Å². The number of nitrogens with one attached hydrogen (secondary N) is 1. The Morgan fingerprint density at radius 2 is 1.81 bits per heavy atom. The molecule has 1 unspecified atom stereocenters. The minimum atomic E-state index is 0.179. The molecular formula is C18H28N2O. The van der Waals surface area contributed by atoms with E-state index in [4.69, 9.17) is 5.73 Å². The van der Waals surface area contributed by atoms with E-state index in [1.165, 1.54) is 5.56 Å². The topological polar surface area (TPSA) is 55.1 Å². The van der Waals surface area contributed by atoms with Crippen molar-refractivity contribution in [1.29, 1.82) is 0 Å². The molecule has 0 spiro atoms. The van der Waals surface area contributed by atoms with Crippen molar-refractivity contribution >= 4 is 5.91 Å². The molecule has 3 heteroatoms. The van der Waals surface area contributed by atoms with Gasteiger partial charge in [-0.3, -0.25) is 4.79 Å². The van der Waals surface area contributed by atoms with Gasteiger partial charge in [0.15, 0.2) is 0 Å². The fourth-order valence-electron chi connectivity index (χ4n) is 3.19. The highest BCUT2D eigenvalue weighted by Crippen LogP contribution is 2.28. The van der Waals surface area contributed by atoms with Crippen LogP contribution in [0.4, 0.5) is 0 Å². The Hall–Kier alpha value is -1.35. The van der Waals surface area contributed by atoms with Crippen LogP contribution >= 0.6 is 0 Å². The van der Waals surface area contributed by atoms with Crippen molar-refractivity contribution in [3.63, 3.8) is 0 Å². The third kappa shape index (κ3) is 4.85. The molecule has 1 fully saturated rings. The molecule has 1 aromatic rings. The van der Waals surface area contributed by atoms with Crippen LogP contribution in [0.15, 0.2) is 30.3 Å². The summed E-state index contributed by atoms with van der Waals surface area (Å²) in [4.78, 5) is 12.3. The Labute approximate surface area is 128 Å². The molecule has 0 aromatic heterocycles. The molecule has 21 heavy (non-hydrogen) atoms. The second-order valence-corrected chi connectivity index (χ2v) is 6.64. The molecule has 3 nitrogen and oxygen atoms in total. The SMILES string of the molecule is CC(C)C(CC(=O)NC1CCC(N)CC1)c1ccccc1. The van der Waals surface area contributed by atoms with Gasteiger partial charge in [-0.05, 0) is 43.1 Å². The van der Waals surface area contributed by atoms with Crippen LogP contribution in [0.1, 0.15) is 57.4 Å². The van der Waals surface area contributed by atoms with Crippen LogP contribution in [0.2, 0.25) is 0 Å². The first-order valence-electron chi connectivity index (χ1n) is 8.16. The average Bonchev–Trinajstić information content (AvgIpc) is 2.48. The number of nitrogens with two attached hydrogens (primary N) is 1. The maximum absolute atomic E-state index is 12.3. The molecule has 2 rings (SSSR count). The highest BCUT2D eigenvalue weighted by atomic mass is 16.1. The van der Waals surface area contributed by atoms with Crippen molar-refractivity contribution in [1.82, 2.24) is 5.32 Å². The molecule has 0 bridgehead atoms. The van der Waals surface area contributed by atoms with Gasteiger partial charge in [0.2, 0.25) is 5.91 Å². The van der Waals surface area contributed by atoms with Gasteiger partial charge in [-0.2, -0.15) is 0 Å². The maximum Gasteiger partial charge on any atom is 0.220 e. The first kappa shape index (κ1) is 16.0. The van der Waals surface area contributed by atoms with Crippen LogP contribution in [0.25, 0.3) is 0 Å². The Morgan fingerprint density at radius 1 is 1.19 bits per heavy atom. The van der Waals surface area contributed by atoms with Gasteiger partial charge >= 0.3 is 0 Å². The zero-order valence-corrected chi connectivity index (χ0v) is 13.2. The lowest BCUT2D eigenvalue weighted by molar-refractivity contribution is -0.122. The summed E-state index contributed by atoms with van der Waals surface area (Å²) >= 11 is 0. The van der Waals surface area contributed by atoms with Gasteiger partial charge in [-0.1, -0.05) is 44.2 Å². The van der Waals surface area contributed by atoms with E-state index in [2.05, 4.69) is 31.3 Å². The van der Waals surface area contributed by atoms with Gasteiger partial charge in [0.1, 0.15) is 0 Å². The summed E-state index contributed by atoms with van der Waals surface area (Å²) in [7, 11) is 0. The molecule has 1 aliphatic carbocycles. The fourth-order valence-corrected chi connectivity index (χ4v) is 3.19. The van der Waals surface area contributed by atoms with Crippen molar-refractivity contribution in [2.75, 3.05) is 0 Å². The lowest BCUT2D eigenvalue weighted by Crippen LogP contribution is -2.41. The van der Waals surface area contributed by atoms with Crippen molar-refractivity contribution in [3.05, 3.63) is 35.9 Å². The number of amides is 1. The summed E-state index contributed by atoms with van der Waals surface area (Å²) < 4.78 is 0. The highest BCUT2D eigenvalue weighted by Gasteiger charge is 2.23. The molecule has 1 atom stereocenters. The number of carbonyl (C=O) groups is 1. The van der Waals surface area contributed by atoms with Crippen LogP contribution in [0.3, 0.4) is 0 Å². The molecule has 0 radical (unpaired) electrons. The summed E-state index contributed by atoms with van der Waals surface area (Å²) in [6.45, 7) is 4.37. The first-order chi connectivity index (χ1) is 10.1. The smallest absolute Gasteiger partial charge is 0.220 e. The molecule has 3 N–H and O–H groups in total. The highest BCUT2D eigenvalue weighted by molar-refractivity contribution is 5.77. The molecule has 0 heterocycles. The van der Waals surface area contributed by atoms with Crippen molar-refractivity contribution in [2.45, 2.75) is 64.0 Å². The number of carbonyl (C=O) groups excluding carboxylic acids is 1. The Morgan fingerprint density at radius 3 is 2.38 bits per heavy atom. The quantitative estimate of drug-likeness (QED) is 0.874. The van der Waals surface area contributed by atoms with Gasteiger partial charge in [-0.15, -0.1) is 0 Å². The van der Waals surface area contributed by atoms with Gasteiger partial charge in [0.25, 0.3) is 0 Å². The number of benzene rings is 1. The normalized spacial score (nSPS) is 23.8. The zero-order chi connectivity index (χ0) is 15.2. The maximum atomic E-state index is 12.3. The van der Waals surface area contributed by atoms with Crippen molar-refractivity contribution < 1.29 is 4.79 Å². The predicted molar refractivity (Wildman–Crippen MR) is 87.0 cm³/mol. The number of rotatable bonds is 5. The van der Waals surface area contributed by atoms with E-state index in [0.717, 1.165) is 25.7 Å². The van der Waals surface area contributed by atoms with Gasteiger partial charge < -0.3 is 11.1 Å². The second-order valence-electron chi connectivity index (χ2n) is 6.64. The van der Waals surface area contributed by atoms with Crippen molar-refractivity contribution in [2.24, 2.45) is 11.7 Å². The molecule has 1 amide bonds. The Bertz CT molecular complexity index is 436. The summed E-state index contributed by atoms with van der Waals surface area (Å²) in [5.41, 5.74) is 7.17. The second kappa shape index (κ2) is 7.60. The van der Waals surface area contributed by atoms with E-state index < -0.39 is 0 Å². The van der Waals surface area contributed by atoms with Crippen LogP contribution in [0, 0.1) is 5.92 Å². The standard InChI is InChI=1S/C18H28N2O/c1-13(2)17(14-6-4-3-5-7-14)12-18(21)20-16-10-8-15(19)9-11-16/h3-7,13,15-17H,8-12,19H2,1-2H3,(H,20,21). The van der Waals surface area contributed by atoms with Gasteiger partial charge in [-0.25, -0.2) is 0 Å². The Balaban J connectivity index is 1.90. The molecule has 116 valence electrons. The summed E-state index contributed by atoms with van der Waals surface area (Å²) in [6.07, 6.45) is 4.66. The van der Waals surface area contributed by atoms with Crippen LogP contribution in [0.5, 0.6) is 0 Å². The van der Waals surface area contributed by atoms with E-state index in [0.29, 0.717) is 24.4 Å². The minimum absolute atomic E-state index is 0.179. The zero-order valence-electron chi connectivity index (χ0n) is 13.2. The summed E-state index contributed by atoms with van der Waals surface area (Å²) in [5, 5.41) is 3.20. The van der Waals surface area contributed by atoms with Crippen molar-refractivity contribution in [3.8, 4) is 0 Å². The predicted octanol–water partition coefficient (Wildman–Crippen LogP) is 3.20. The van der Waals surface area contributed by atoms with Crippen LogP contribution in [-0.2, 0) is 4.79 Å². The lowest BCUT2D eigenvalue weighted by atomic mass is 9.85. The third-order valence-corrected chi connectivity index (χ3v) is 4.57. The summed E-state index contributed by atoms with van der Waals surface area (Å²) in [6, 6.07) is 11.0. The van der Waals surface area contributed by atoms with Gasteiger partial charge in [0, 0.05) is 18.5 Å². The molecular weight excluding hydrogens is 260 g/mol. The van der Waals surface area contributed by atoms with Crippen LogP contribution < -0.4 is 11.1 Å². The monoisotopic (exact) mass is 288 g/mol. The van der Waals surface area contributed by atoms with E-state index >= 15 is 0 Å². The third-order valence-electron chi connectivity index (χ3n) is 4.57. The lowest BCUT2D eigenvalue weighted by Gasteiger charge is -2.28. The molecule has 1 aliphatic rings. The first-order valence-corrected chi connectivity index (χ1v) is 8.16. The largest absolute Gasteiger partial charge is 0.353 e.